The lowest BCUT2D eigenvalue weighted by molar-refractivity contribution is -0.182. The molecule has 6 nitrogen and oxygen atoms in total. The molecule has 1 N–H and O–H groups in total. The number of likely N-dealkylation sites (tertiary alicyclic amines) is 1. The third-order valence-corrected chi connectivity index (χ3v) is 4.30. The number of amides is 1. The Bertz CT molecular complexity index is 732. The van der Waals surface area contributed by atoms with Gasteiger partial charge in [0.05, 0.1) is 11.8 Å². The second-order valence-corrected chi connectivity index (χ2v) is 6.12. The predicted molar refractivity (Wildman–Crippen MR) is 82.4 cm³/mol. The molecule has 2 heterocycles. The zero-order chi connectivity index (χ0) is 18.0. The van der Waals surface area contributed by atoms with Crippen LogP contribution in [0.1, 0.15) is 11.3 Å². The molecule has 2 atom stereocenters. The number of halogens is 3. The Morgan fingerprint density at radius 1 is 1.28 bits per heavy atom. The van der Waals surface area contributed by atoms with Gasteiger partial charge in [-0.25, -0.2) is 4.63 Å². The van der Waals surface area contributed by atoms with Crippen LogP contribution in [0.25, 0.3) is 0 Å². The molecule has 134 valence electrons. The summed E-state index contributed by atoms with van der Waals surface area (Å²) in [5.41, 5.74) is 1.22. The zero-order valence-corrected chi connectivity index (χ0v) is 13.5. The highest BCUT2D eigenvalue weighted by Crippen LogP contribution is 2.38. The van der Waals surface area contributed by atoms with Gasteiger partial charge < -0.3 is 5.32 Å². The number of carbonyl (C=O) groups is 1. The van der Waals surface area contributed by atoms with Crippen LogP contribution in [-0.4, -0.2) is 40.4 Å². The molecule has 1 aromatic carbocycles. The number of benzene rings is 1. The van der Waals surface area contributed by atoms with E-state index in [0.29, 0.717) is 12.2 Å². The maximum atomic E-state index is 13.4. The fraction of sp³-hybridized carbons (Fsp3) is 0.438. The van der Waals surface area contributed by atoms with Crippen LogP contribution in [0.3, 0.4) is 0 Å². The second kappa shape index (κ2) is 6.83. The van der Waals surface area contributed by atoms with Gasteiger partial charge in [-0.05, 0) is 17.6 Å². The maximum Gasteiger partial charge on any atom is 0.393 e. The van der Waals surface area contributed by atoms with Gasteiger partial charge >= 0.3 is 6.18 Å². The highest BCUT2D eigenvalue weighted by Gasteiger charge is 2.52. The van der Waals surface area contributed by atoms with E-state index in [1.807, 2.05) is 30.3 Å². The standard InChI is InChI=1S/C16H17F3N4O2/c1-10-14(22-25-21-10)20-15(24)12-8-23(9-13(12)16(17,18)19)7-11-5-3-2-4-6-11/h2-6,12-13H,7-9H2,1H3,(H,20,22,24)/t12-,13-/m1/s1. The van der Waals surface area contributed by atoms with Gasteiger partial charge in [0.1, 0.15) is 5.69 Å². The number of carbonyl (C=O) groups excluding carboxylic acids is 1. The van der Waals surface area contributed by atoms with Gasteiger partial charge in [-0.3, -0.25) is 9.69 Å². The molecule has 0 radical (unpaired) electrons. The SMILES string of the molecule is Cc1nonc1NC(=O)[C@@H]1CN(Cc2ccccc2)C[C@H]1C(F)(F)F. The van der Waals surface area contributed by atoms with E-state index in [1.54, 1.807) is 11.8 Å². The first-order chi connectivity index (χ1) is 11.8. The van der Waals surface area contributed by atoms with Crippen molar-refractivity contribution >= 4 is 11.7 Å². The lowest BCUT2D eigenvalue weighted by Crippen LogP contribution is -2.36. The van der Waals surface area contributed by atoms with Gasteiger partial charge in [0.15, 0.2) is 5.82 Å². The molecule has 0 spiro atoms. The van der Waals surface area contributed by atoms with E-state index in [9.17, 15) is 18.0 Å². The molecule has 2 aromatic rings. The van der Waals surface area contributed by atoms with Crippen LogP contribution >= 0.6 is 0 Å². The number of rotatable bonds is 4. The van der Waals surface area contributed by atoms with E-state index in [4.69, 9.17) is 0 Å². The number of hydrogen-bond donors (Lipinski definition) is 1. The molecule has 1 aliphatic heterocycles. The fourth-order valence-corrected chi connectivity index (χ4v) is 3.01. The Labute approximate surface area is 142 Å². The molecule has 1 saturated heterocycles. The van der Waals surface area contributed by atoms with Crippen LogP contribution in [0, 0.1) is 18.8 Å². The van der Waals surface area contributed by atoms with Crippen molar-refractivity contribution in [1.29, 1.82) is 0 Å². The summed E-state index contributed by atoms with van der Waals surface area (Å²) < 4.78 is 44.6. The molecule has 0 saturated carbocycles. The summed E-state index contributed by atoms with van der Waals surface area (Å²) in [6, 6.07) is 9.20. The third-order valence-electron chi connectivity index (χ3n) is 4.30. The number of aromatic nitrogens is 2. The minimum absolute atomic E-state index is 0.0230. The summed E-state index contributed by atoms with van der Waals surface area (Å²) in [5, 5.41) is 9.38. The average Bonchev–Trinajstić information content (AvgIpc) is 3.15. The molecule has 0 unspecified atom stereocenters. The van der Waals surface area contributed by atoms with Crippen LogP contribution < -0.4 is 5.32 Å². The smallest absolute Gasteiger partial charge is 0.306 e. The van der Waals surface area contributed by atoms with E-state index in [2.05, 4.69) is 20.3 Å². The minimum Gasteiger partial charge on any atom is -0.306 e. The van der Waals surface area contributed by atoms with Crippen LogP contribution in [0.15, 0.2) is 35.0 Å². The summed E-state index contributed by atoms with van der Waals surface area (Å²) >= 11 is 0. The molecule has 1 aliphatic rings. The number of hydrogen-bond acceptors (Lipinski definition) is 5. The molecule has 1 fully saturated rings. The number of nitrogens with zero attached hydrogens (tertiary/aromatic N) is 3. The zero-order valence-electron chi connectivity index (χ0n) is 13.5. The number of alkyl halides is 3. The summed E-state index contributed by atoms with van der Waals surface area (Å²) in [6.45, 7) is 1.72. The van der Waals surface area contributed by atoms with Crippen molar-refractivity contribution in [3.63, 3.8) is 0 Å². The summed E-state index contributed by atoms with van der Waals surface area (Å²) in [7, 11) is 0. The third kappa shape index (κ3) is 3.98. The van der Waals surface area contributed by atoms with Crippen LogP contribution in [0.5, 0.6) is 0 Å². The Morgan fingerprint density at radius 3 is 2.60 bits per heavy atom. The Kier molecular flexibility index (Phi) is 4.76. The quantitative estimate of drug-likeness (QED) is 0.914. The molecule has 1 amide bonds. The predicted octanol–water partition coefficient (Wildman–Crippen LogP) is 2.63. The van der Waals surface area contributed by atoms with E-state index in [0.717, 1.165) is 5.56 Å². The molecular formula is C16H17F3N4O2. The first-order valence-electron chi connectivity index (χ1n) is 7.77. The highest BCUT2D eigenvalue weighted by molar-refractivity contribution is 5.92. The van der Waals surface area contributed by atoms with Gasteiger partial charge in [-0.2, -0.15) is 13.2 Å². The van der Waals surface area contributed by atoms with Crippen LogP contribution in [-0.2, 0) is 11.3 Å². The molecule has 25 heavy (non-hydrogen) atoms. The first-order valence-corrected chi connectivity index (χ1v) is 7.77. The van der Waals surface area contributed by atoms with E-state index >= 15 is 0 Å². The normalized spacial score (nSPS) is 21.4. The van der Waals surface area contributed by atoms with Gasteiger partial charge in [0.25, 0.3) is 0 Å². The van der Waals surface area contributed by atoms with E-state index in [-0.39, 0.29) is 18.9 Å². The van der Waals surface area contributed by atoms with Crippen molar-refractivity contribution in [2.45, 2.75) is 19.6 Å². The van der Waals surface area contributed by atoms with Crippen molar-refractivity contribution in [2.24, 2.45) is 11.8 Å². The Morgan fingerprint density at radius 2 is 2.00 bits per heavy atom. The van der Waals surface area contributed by atoms with Gasteiger partial charge in [0, 0.05) is 19.6 Å². The topological polar surface area (TPSA) is 71.3 Å². The van der Waals surface area contributed by atoms with Crippen LogP contribution in [0.4, 0.5) is 19.0 Å². The molecule has 9 heteroatoms. The minimum atomic E-state index is -4.45. The molecule has 1 aromatic heterocycles. The highest BCUT2D eigenvalue weighted by atomic mass is 19.4. The summed E-state index contributed by atoms with van der Waals surface area (Å²) in [6.07, 6.45) is -4.45. The molecule has 0 aliphatic carbocycles. The molecular weight excluding hydrogens is 337 g/mol. The summed E-state index contributed by atoms with van der Waals surface area (Å²) in [5.74, 6) is -3.61. The van der Waals surface area contributed by atoms with Gasteiger partial charge in [0.2, 0.25) is 5.91 Å². The Balaban J connectivity index is 1.73. The van der Waals surface area contributed by atoms with E-state index < -0.39 is 23.9 Å². The van der Waals surface area contributed by atoms with Crippen molar-refractivity contribution in [3.05, 3.63) is 41.6 Å². The summed E-state index contributed by atoms with van der Waals surface area (Å²) in [4.78, 5) is 14.0. The second-order valence-electron chi connectivity index (χ2n) is 6.12. The number of nitrogens with one attached hydrogen (secondary N) is 1. The maximum absolute atomic E-state index is 13.4. The lowest BCUT2D eigenvalue weighted by Gasteiger charge is -2.20. The monoisotopic (exact) mass is 354 g/mol. The largest absolute Gasteiger partial charge is 0.393 e. The van der Waals surface area contributed by atoms with Crippen molar-refractivity contribution in [2.75, 3.05) is 18.4 Å². The lowest BCUT2D eigenvalue weighted by atomic mass is 9.94. The Hall–Kier alpha value is -2.42. The van der Waals surface area contributed by atoms with E-state index in [1.165, 1.54) is 0 Å². The number of aryl methyl sites for hydroxylation is 1. The first kappa shape index (κ1) is 17.4. The average molecular weight is 354 g/mol. The van der Waals surface area contributed by atoms with Crippen molar-refractivity contribution < 1.29 is 22.6 Å². The fourth-order valence-electron chi connectivity index (χ4n) is 3.01. The van der Waals surface area contributed by atoms with Gasteiger partial charge in [-0.1, -0.05) is 35.5 Å². The number of anilines is 1. The van der Waals surface area contributed by atoms with Crippen LogP contribution in [0.2, 0.25) is 0 Å². The molecule has 3 rings (SSSR count). The van der Waals surface area contributed by atoms with Gasteiger partial charge in [-0.15, -0.1) is 0 Å². The molecule has 0 bridgehead atoms. The van der Waals surface area contributed by atoms with Crippen molar-refractivity contribution in [1.82, 2.24) is 15.2 Å². The van der Waals surface area contributed by atoms with Crippen molar-refractivity contribution in [3.8, 4) is 0 Å².